The maximum absolute atomic E-state index is 13.2. The molecule has 0 unspecified atom stereocenters. The molecule has 39 heavy (non-hydrogen) atoms. The smallest absolute Gasteiger partial charge is 0.326 e. The summed E-state index contributed by atoms with van der Waals surface area (Å²) in [6, 6.07) is 19.5. The van der Waals surface area contributed by atoms with Gasteiger partial charge >= 0.3 is 5.97 Å². The molecule has 0 bridgehead atoms. The fourth-order valence-corrected chi connectivity index (χ4v) is 4.67. The minimum atomic E-state index is -1.05. The van der Waals surface area contributed by atoms with Gasteiger partial charge in [-0.15, -0.1) is 0 Å². The Labute approximate surface area is 236 Å². The Morgan fingerprint density at radius 3 is 2.56 bits per heavy atom. The Morgan fingerprint density at radius 1 is 1.08 bits per heavy atom. The van der Waals surface area contributed by atoms with Crippen molar-refractivity contribution >= 4 is 35.2 Å². The van der Waals surface area contributed by atoms with Crippen molar-refractivity contribution in [3.63, 3.8) is 0 Å². The van der Waals surface area contributed by atoms with Gasteiger partial charge in [-0.2, -0.15) is 11.8 Å². The predicted octanol–water partition coefficient (Wildman–Crippen LogP) is 6.62. The number of ether oxygens (including phenoxy) is 1. The van der Waals surface area contributed by atoms with Gasteiger partial charge in [0.05, 0.1) is 12.8 Å². The number of halogens is 1. The number of carboxylic acid groups (broad SMARTS) is 1. The molecule has 0 saturated carbocycles. The molecule has 4 rings (SSSR count). The van der Waals surface area contributed by atoms with Crippen LogP contribution >= 0.6 is 23.4 Å². The third-order valence-electron chi connectivity index (χ3n) is 6.14. The standard InChI is InChI=1S/C30H29ClN2O5S/c1-19-5-3-4-6-24(19)26-15-20(7-12-25(26)28(34)33-27(30(35)36)13-14-39-2)17-37-18-23-16-32-29(38-23)21-8-10-22(31)11-9-21/h3-12,15-16,27H,13-14,17-18H2,1-2H3,(H,33,34)(H,35,36)/t27-/m0/s1. The first-order chi connectivity index (χ1) is 18.9. The fourth-order valence-electron chi connectivity index (χ4n) is 4.08. The van der Waals surface area contributed by atoms with Gasteiger partial charge in [-0.1, -0.05) is 41.9 Å². The number of aliphatic carboxylic acids is 1. The number of nitrogens with one attached hydrogen (secondary N) is 1. The van der Waals surface area contributed by atoms with Crippen molar-refractivity contribution in [3.8, 4) is 22.6 Å². The Balaban J connectivity index is 1.50. The minimum Gasteiger partial charge on any atom is -0.480 e. The van der Waals surface area contributed by atoms with E-state index in [4.69, 9.17) is 20.8 Å². The summed E-state index contributed by atoms with van der Waals surface area (Å²) >= 11 is 7.49. The average Bonchev–Trinajstić information content (AvgIpc) is 3.40. The number of benzene rings is 3. The van der Waals surface area contributed by atoms with Crippen LogP contribution in [0.1, 0.15) is 33.7 Å². The van der Waals surface area contributed by atoms with E-state index in [9.17, 15) is 14.7 Å². The molecule has 9 heteroatoms. The number of carbonyl (C=O) groups is 2. The topological polar surface area (TPSA) is 102 Å². The van der Waals surface area contributed by atoms with E-state index >= 15 is 0 Å². The predicted molar refractivity (Wildman–Crippen MR) is 154 cm³/mol. The Kier molecular flexibility index (Phi) is 9.81. The average molecular weight is 565 g/mol. The number of hydrogen-bond acceptors (Lipinski definition) is 6. The van der Waals surface area contributed by atoms with Gasteiger partial charge in [-0.3, -0.25) is 4.79 Å². The molecule has 0 aliphatic rings. The van der Waals surface area contributed by atoms with Gasteiger partial charge in [0.25, 0.3) is 5.91 Å². The number of rotatable bonds is 12. The van der Waals surface area contributed by atoms with E-state index in [-0.39, 0.29) is 13.2 Å². The number of hydrogen-bond donors (Lipinski definition) is 2. The zero-order valence-electron chi connectivity index (χ0n) is 21.6. The van der Waals surface area contributed by atoms with Crippen LogP contribution < -0.4 is 5.32 Å². The van der Waals surface area contributed by atoms with E-state index in [1.807, 2.05) is 61.7 Å². The van der Waals surface area contributed by atoms with Crippen molar-refractivity contribution in [2.75, 3.05) is 12.0 Å². The van der Waals surface area contributed by atoms with E-state index in [0.29, 0.717) is 40.0 Å². The van der Waals surface area contributed by atoms with Gasteiger partial charge in [0.15, 0.2) is 5.76 Å². The molecule has 0 saturated heterocycles. The lowest BCUT2D eigenvalue weighted by atomic mass is 9.93. The summed E-state index contributed by atoms with van der Waals surface area (Å²) in [5.74, 6) is 0.224. The van der Waals surface area contributed by atoms with Crippen molar-refractivity contribution in [1.82, 2.24) is 10.3 Å². The Hall–Kier alpha value is -3.59. The second kappa shape index (κ2) is 13.5. The first-order valence-corrected chi connectivity index (χ1v) is 14.1. The quantitative estimate of drug-likeness (QED) is 0.199. The number of amides is 1. The van der Waals surface area contributed by atoms with E-state index in [1.165, 1.54) is 11.8 Å². The Bertz CT molecular complexity index is 1440. The van der Waals surface area contributed by atoms with Crippen LogP contribution in [-0.4, -0.2) is 40.0 Å². The monoisotopic (exact) mass is 564 g/mol. The molecule has 0 radical (unpaired) electrons. The molecule has 0 spiro atoms. The molecule has 0 aliphatic heterocycles. The summed E-state index contributed by atoms with van der Waals surface area (Å²) < 4.78 is 11.7. The highest BCUT2D eigenvalue weighted by atomic mass is 35.5. The zero-order valence-corrected chi connectivity index (χ0v) is 23.2. The Morgan fingerprint density at radius 2 is 1.85 bits per heavy atom. The summed E-state index contributed by atoms with van der Waals surface area (Å²) in [6.07, 6.45) is 3.88. The first-order valence-electron chi connectivity index (χ1n) is 12.4. The van der Waals surface area contributed by atoms with Crippen LogP contribution in [0.25, 0.3) is 22.6 Å². The van der Waals surface area contributed by atoms with Gasteiger partial charge in [0.2, 0.25) is 5.89 Å². The molecule has 2 N–H and O–H groups in total. The normalized spacial score (nSPS) is 11.8. The van der Waals surface area contributed by atoms with Gasteiger partial charge < -0.3 is 19.6 Å². The van der Waals surface area contributed by atoms with Gasteiger partial charge in [-0.05, 0) is 84.0 Å². The summed E-state index contributed by atoms with van der Waals surface area (Å²) in [5.41, 5.74) is 4.69. The third kappa shape index (κ3) is 7.50. The van der Waals surface area contributed by atoms with E-state index < -0.39 is 17.9 Å². The molecule has 1 amide bonds. The van der Waals surface area contributed by atoms with Crippen molar-refractivity contribution in [3.05, 3.63) is 100 Å². The van der Waals surface area contributed by atoms with Crippen LogP contribution in [0.2, 0.25) is 5.02 Å². The largest absolute Gasteiger partial charge is 0.480 e. The van der Waals surface area contributed by atoms with Crippen LogP contribution in [0, 0.1) is 6.92 Å². The zero-order chi connectivity index (χ0) is 27.8. The van der Waals surface area contributed by atoms with Crippen LogP contribution in [0.3, 0.4) is 0 Å². The van der Waals surface area contributed by atoms with Gasteiger partial charge in [0.1, 0.15) is 12.6 Å². The number of nitrogens with zero attached hydrogens (tertiary/aromatic N) is 1. The van der Waals surface area contributed by atoms with Gasteiger partial charge in [0, 0.05) is 16.1 Å². The molecule has 1 heterocycles. The maximum Gasteiger partial charge on any atom is 0.326 e. The van der Waals surface area contributed by atoms with Crippen LogP contribution in [0.5, 0.6) is 0 Å². The number of carboxylic acids is 1. The van der Waals surface area contributed by atoms with Crippen molar-refractivity contribution in [1.29, 1.82) is 0 Å². The van der Waals surface area contributed by atoms with Crippen molar-refractivity contribution in [2.24, 2.45) is 0 Å². The molecule has 1 aromatic heterocycles. The highest BCUT2D eigenvalue weighted by Gasteiger charge is 2.23. The summed E-state index contributed by atoms with van der Waals surface area (Å²) in [5, 5.41) is 12.9. The van der Waals surface area contributed by atoms with E-state index in [1.54, 1.807) is 24.4 Å². The molecule has 0 aliphatic carbocycles. The second-order valence-electron chi connectivity index (χ2n) is 8.97. The summed E-state index contributed by atoms with van der Waals surface area (Å²) in [4.78, 5) is 29.3. The number of thioether (sulfide) groups is 1. The lowest BCUT2D eigenvalue weighted by molar-refractivity contribution is -0.139. The summed E-state index contributed by atoms with van der Waals surface area (Å²) in [7, 11) is 0. The van der Waals surface area contributed by atoms with Crippen LogP contribution in [0.4, 0.5) is 0 Å². The molecule has 7 nitrogen and oxygen atoms in total. The fraction of sp³-hybridized carbons (Fsp3) is 0.233. The van der Waals surface area contributed by atoms with E-state index in [2.05, 4.69) is 10.3 Å². The molecule has 202 valence electrons. The lowest BCUT2D eigenvalue weighted by Crippen LogP contribution is -2.41. The highest BCUT2D eigenvalue weighted by Crippen LogP contribution is 2.29. The molecule has 0 fully saturated rings. The molecule has 1 atom stereocenters. The van der Waals surface area contributed by atoms with Gasteiger partial charge in [-0.25, -0.2) is 9.78 Å². The minimum absolute atomic E-state index is 0.220. The molecule has 4 aromatic rings. The third-order valence-corrected chi connectivity index (χ3v) is 7.03. The number of aromatic nitrogens is 1. The molecule has 3 aromatic carbocycles. The van der Waals surface area contributed by atoms with Crippen LogP contribution in [-0.2, 0) is 22.7 Å². The lowest BCUT2D eigenvalue weighted by Gasteiger charge is -2.17. The summed E-state index contributed by atoms with van der Waals surface area (Å²) in [6.45, 7) is 2.47. The second-order valence-corrected chi connectivity index (χ2v) is 10.4. The van der Waals surface area contributed by atoms with Crippen molar-refractivity contribution in [2.45, 2.75) is 32.6 Å². The number of carbonyl (C=O) groups excluding carboxylic acids is 1. The van der Waals surface area contributed by atoms with Crippen LogP contribution in [0.15, 0.2) is 77.3 Å². The molecular formula is C30H29ClN2O5S. The highest BCUT2D eigenvalue weighted by molar-refractivity contribution is 7.98. The van der Waals surface area contributed by atoms with Crippen molar-refractivity contribution < 1.29 is 23.8 Å². The number of aryl methyl sites for hydroxylation is 1. The maximum atomic E-state index is 13.2. The molecular weight excluding hydrogens is 536 g/mol. The van der Waals surface area contributed by atoms with E-state index in [0.717, 1.165) is 22.3 Å². The first kappa shape index (κ1) is 28.4. The number of oxazole rings is 1. The SMILES string of the molecule is CSCC[C@H](NC(=O)c1ccc(COCc2cnc(-c3ccc(Cl)cc3)o2)cc1-c1ccccc1C)C(=O)O.